The lowest BCUT2D eigenvalue weighted by molar-refractivity contribution is 1.04. The van der Waals surface area contributed by atoms with Crippen molar-refractivity contribution < 1.29 is 0 Å². The normalized spacial score (nSPS) is 12.9. The summed E-state index contributed by atoms with van der Waals surface area (Å²) in [6, 6.07) is 0. The Labute approximate surface area is 113 Å². The maximum absolute atomic E-state index is 5.21. The maximum Gasteiger partial charge on any atom is -0.0169 e. The molecule has 0 spiro atoms. The molecule has 0 heterocycles. The summed E-state index contributed by atoms with van der Waals surface area (Å²) in [5, 5.41) is 0. The highest BCUT2D eigenvalue weighted by Crippen LogP contribution is 1.97. The summed E-state index contributed by atoms with van der Waals surface area (Å²) in [6.45, 7) is 7.36. The molecule has 0 heteroatoms. The van der Waals surface area contributed by atoms with E-state index in [1.807, 2.05) is 18.2 Å². The second-order valence-corrected chi connectivity index (χ2v) is 3.88. The van der Waals surface area contributed by atoms with Crippen LogP contribution in [0.5, 0.6) is 0 Å². The molecule has 97 valence electrons. The first kappa shape index (κ1) is 16.4. The van der Waals surface area contributed by atoms with Crippen LogP contribution < -0.4 is 0 Å². The van der Waals surface area contributed by atoms with Gasteiger partial charge in [-0.25, -0.2) is 0 Å². The molecule has 0 aliphatic heterocycles. The first-order valence-corrected chi connectivity index (χ1v) is 6.73. The average molecular weight is 241 g/mol. The van der Waals surface area contributed by atoms with Gasteiger partial charge in [0.15, 0.2) is 0 Å². The van der Waals surface area contributed by atoms with Gasteiger partial charge in [0.1, 0.15) is 0 Å². The third-order valence-electron chi connectivity index (χ3n) is 2.25. The van der Waals surface area contributed by atoms with Gasteiger partial charge in [0, 0.05) is 0 Å². The minimum atomic E-state index is 1.03. The van der Waals surface area contributed by atoms with E-state index in [0.717, 1.165) is 32.1 Å². The molecule has 0 atom stereocenters. The van der Waals surface area contributed by atoms with Gasteiger partial charge in [0.25, 0.3) is 0 Å². The molecule has 18 heavy (non-hydrogen) atoms. The zero-order chi connectivity index (χ0) is 13.3. The number of rotatable bonds is 10. The Kier molecular flexibility index (Phi) is 14.1. The second-order valence-electron chi connectivity index (χ2n) is 3.88. The van der Waals surface area contributed by atoms with Crippen molar-refractivity contribution in [3.05, 3.63) is 73.4 Å². The van der Waals surface area contributed by atoms with Crippen LogP contribution in [0.25, 0.3) is 0 Å². The molecule has 0 aliphatic rings. The molecule has 0 bridgehead atoms. The summed E-state index contributed by atoms with van der Waals surface area (Å²) in [6.07, 6.45) is 28.1. The molecular weight excluding hydrogens is 216 g/mol. The van der Waals surface area contributed by atoms with E-state index in [-0.39, 0.29) is 0 Å². The third-order valence-corrected chi connectivity index (χ3v) is 2.25. The number of unbranched alkanes of at least 4 members (excludes halogenated alkanes) is 1. The molecule has 0 aromatic heterocycles. The van der Waals surface area contributed by atoms with Crippen LogP contribution in [-0.2, 0) is 0 Å². The summed E-state index contributed by atoms with van der Waals surface area (Å²) in [7, 11) is 0. The SMILES string of the molecule is [CH]=CC=CC=CCC/C=C\C/C=C\C/C=C\CC. The topological polar surface area (TPSA) is 0 Å². The molecule has 0 saturated carbocycles. The molecule has 0 nitrogen and oxygen atoms in total. The molecule has 0 aliphatic carbocycles. The van der Waals surface area contributed by atoms with Gasteiger partial charge in [0.2, 0.25) is 0 Å². The van der Waals surface area contributed by atoms with Gasteiger partial charge < -0.3 is 0 Å². The van der Waals surface area contributed by atoms with Crippen LogP contribution >= 0.6 is 0 Å². The third kappa shape index (κ3) is 14.4. The average Bonchev–Trinajstić information content (AvgIpc) is 2.39. The first-order valence-electron chi connectivity index (χ1n) is 6.73. The van der Waals surface area contributed by atoms with Crippen molar-refractivity contribution in [2.75, 3.05) is 0 Å². The highest BCUT2D eigenvalue weighted by Gasteiger charge is 1.76. The van der Waals surface area contributed by atoms with Gasteiger partial charge in [-0.15, -0.1) is 0 Å². The fourth-order valence-corrected chi connectivity index (χ4v) is 1.32. The first-order chi connectivity index (χ1) is 8.91. The summed E-state index contributed by atoms with van der Waals surface area (Å²) >= 11 is 0. The lowest BCUT2D eigenvalue weighted by Gasteiger charge is -1.86. The van der Waals surface area contributed by atoms with E-state index in [1.54, 1.807) is 0 Å². The van der Waals surface area contributed by atoms with Gasteiger partial charge in [-0.05, 0) is 32.1 Å². The Morgan fingerprint density at radius 3 is 1.94 bits per heavy atom. The molecule has 0 saturated heterocycles. The Morgan fingerprint density at radius 1 is 0.667 bits per heavy atom. The predicted molar refractivity (Wildman–Crippen MR) is 83.3 cm³/mol. The summed E-state index contributed by atoms with van der Waals surface area (Å²) < 4.78 is 0. The smallest absolute Gasteiger partial charge is 0.0169 e. The lowest BCUT2D eigenvalue weighted by atomic mass is 10.2. The van der Waals surface area contributed by atoms with E-state index in [2.05, 4.69) is 49.5 Å². The molecule has 0 rings (SSSR count). The van der Waals surface area contributed by atoms with E-state index in [1.165, 1.54) is 6.08 Å². The zero-order valence-electron chi connectivity index (χ0n) is 11.5. The lowest BCUT2D eigenvalue weighted by Crippen LogP contribution is -1.65. The Morgan fingerprint density at radius 2 is 1.28 bits per heavy atom. The van der Waals surface area contributed by atoms with Gasteiger partial charge in [-0.3, -0.25) is 0 Å². The van der Waals surface area contributed by atoms with Crippen LogP contribution in [-0.4, -0.2) is 0 Å². The standard InChI is InChI=1S/C18H25/c1-3-5-7-9-11-13-15-17-18-16-14-12-10-8-6-4-2/h1,3,5-9,11-12,14,17-18H,4,10,13,15-16H2,2H3/b3-1?,7-5?,8-6-,11-9?,14-12-,18-17-. The maximum atomic E-state index is 5.21. The van der Waals surface area contributed by atoms with Crippen molar-refractivity contribution in [2.45, 2.75) is 39.0 Å². The fourth-order valence-electron chi connectivity index (χ4n) is 1.32. The number of hydrogen-bond donors (Lipinski definition) is 0. The van der Waals surface area contributed by atoms with E-state index >= 15 is 0 Å². The van der Waals surface area contributed by atoms with Crippen molar-refractivity contribution in [2.24, 2.45) is 0 Å². The molecule has 0 aromatic rings. The Balaban J connectivity index is 3.43. The van der Waals surface area contributed by atoms with Gasteiger partial charge >= 0.3 is 0 Å². The van der Waals surface area contributed by atoms with E-state index < -0.39 is 0 Å². The van der Waals surface area contributed by atoms with Gasteiger partial charge in [-0.1, -0.05) is 80.3 Å². The number of hydrogen-bond acceptors (Lipinski definition) is 0. The molecule has 0 fully saturated rings. The molecule has 0 amide bonds. The van der Waals surface area contributed by atoms with Gasteiger partial charge in [-0.2, -0.15) is 0 Å². The van der Waals surface area contributed by atoms with Crippen molar-refractivity contribution >= 4 is 0 Å². The van der Waals surface area contributed by atoms with E-state index in [4.69, 9.17) is 6.58 Å². The Hall–Kier alpha value is -1.56. The minimum Gasteiger partial charge on any atom is -0.0885 e. The summed E-state index contributed by atoms with van der Waals surface area (Å²) in [5.41, 5.74) is 0. The molecule has 0 unspecified atom stereocenters. The van der Waals surface area contributed by atoms with Crippen LogP contribution in [0.3, 0.4) is 0 Å². The Bertz CT molecular complexity index is 311. The fraction of sp³-hybridized carbons (Fsp3) is 0.333. The van der Waals surface area contributed by atoms with E-state index in [0.29, 0.717) is 0 Å². The van der Waals surface area contributed by atoms with Crippen molar-refractivity contribution in [1.82, 2.24) is 0 Å². The van der Waals surface area contributed by atoms with Crippen LogP contribution in [0.4, 0.5) is 0 Å². The second kappa shape index (κ2) is 15.4. The zero-order valence-corrected chi connectivity index (χ0v) is 11.5. The molecule has 0 aromatic carbocycles. The van der Waals surface area contributed by atoms with Crippen LogP contribution in [0, 0.1) is 6.58 Å². The van der Waals surface area contributed by atoms with Crippen LogP contribution in [0.1, 0.15) is 39.0 Å². The van der Waals surface area contributed by atoms with Crippen molar-refractivity contribution in [3.8, 4) is 0 Å². The van der Waals surface area contributed by atoms with Crippen LogP contribution in [0.15, 0.2) is 66.8 Å². The van der Waals surface area contributed by atoms with Crippen molar-refractivity contribution in [1.29, 1.82) is 0 Å². The molecule has 0 N–H and O–H groups in total. The molecular formula is C18H25. The predicted octanol–water partition coefficient (Wildman–Crippen LogP) is 5.73. The molecule has 1 radical (unpaired) electrons. The highest BCUT2D eigenvalue weighted by atomic mass is 13.8. The van der Waals surface area contributed by atoms with Crippen LogP contribution in [0.2, 0.25) is 0 Å². The van der Waals surface area contributed by atoms with Gasteiger partial charge in [0.05, 0.1) is 0 Å². The monoisotopic (exact) mass is 241 g/mol. The highest BCUT2D eigenvalue weighted by molar-refractivity contribution is 5.08. The quantitative estimate of drug-likeness (QED) is 0.260. The summed E-state index contributed by atoms with van der Waals surface area (Å²) in [4.78, 5) is 0. The largest absolute Gasteiger partial charge is 0.0885 e. The summed E-state index contributed by atoms with van der Waals surface area (Å²) in [5.74, 6) is 0. The minimum absolute atomic E-state index is 1.03. The van der Waals surface area contributed by atoms with Crippen molar-refractivity contribution in [3.63, 3.8) is 0 Å². The van der Waals surface area contributed by atoms with E-state index in [9.17, 15) is 0 Å². The number of allylic oxidation sites excluding steroid dienone is 11.